The van der Waals surface area contributed by atoms with Crippen LogP contribution >= 0.6 is 11.3 Å². The molecule has 2 aromatic heterocycles. The quantitative estimate of drug-likeness (QED) is 0.743. The Morgan fingerprint density at radius 1 is 1.38 bits per heavy atom. The van der Waals surface area contributed by atoms with Crippen LogP contribution in [-0.2, 0) is 0 Å². The molecule has 0 spiro atoms. The van der Waals surface area contributed by atoms with Gasteiger partial charge < -0.3 is 5.73 Å². The molecule has 13 heavy (non-hydrogen) atoms. The first-order valence-electron chi connectivity index (χ1n) is 3.77. The Balaban J connectivity index is 2.46. The minimum Gasteiger partial charge on any atom is -0.384 e. The number of hydrogen-bond donors (Lipinski definition) is 1. The molecule has 5 heteroatoms. The van der Waals surface area contributed by atoms with Crippen molar-refractivity contribution in [3.05, 3.63) is 23.3 Å². The van der Waals surface area contributed by atoms with Gasteiger partial charge in [0.05, 0.1) is 0 Å². The van der Waals surface area contributed by atoms with Gasteiger partial charge >= 0.3 is 0 Å². The van der Waals surface area contributed by atoms with Crippen LogP contribution in [-0.4, -0.2) is 15.0 Å². The van der Waals surface area contributed by atoms with E-state index in [9.17, 15) is 0 Å². The van der Waals surface area contributed by atoms with Crippen LogP contribution in [0.15, 0.2) is 18.5 Å². The molecule has 66 valence electrons. The lowest BCUT2D eigenvalue weighted by Gasteiger charge is -1.94. The molecule has 2 heterocycles. The zero-order valence-electron chi connectivity index (χ0n) is 7.06. The van der Waals surface area contributed by atoms with Gasteiger partial charge in [0.1, 0.15) is 5.82 Å². The molecule has 0 unspecified atom stereocenters. The van der Waals surface area contributed by atoms with Crippen LogP contribution in [0, 0.1) is 6.92 Å². The van der Waals surface area contributed by atoms with Gasteiger partial charge in [0.2, 0.25) is 0 Å². The molecule has 4 nitrogen and oxygen atoms in total. The number of nitrogens with zero attached hydrogens (tertiary/aromatic N) is 3. The number of rotatable bonds is 1. The lowest BCUT2D eigenvalue weighted by Crippen LogP contribution is -1.93. The molecular weight excluding hydrogens is 184 g/mol. The van der Waals surface area contributed by atoms with E-state index in [4.69, 9.17) is 5.73 Å². The normalized spacial score (nSPS) is 10.2. The molecule has 0 aromatic carbocycles. The fourth-order valence-electron chi connectivity index (χ4n) is 0.934. The van der Waals surface area contributed by atoms with Crippen LogP contribution < -0.4 is 5.73 Å². The number of nitrogen functional groups attached to an aromatic ring is 1. The summed E-state index contributed by atoms with van der Waals surface area (Å²) in [7, 11) is 0. The fraction of sp³-hybridized carbons (Fsp3) is 0.125. The summed E-state index contributed by atoms with van der Waals surface area (Å²) in [5, 5.41) is 0.810. The maximum absolute atomic E-state index is 5.53. The fourth-order valence-corrected chi connectivity index (χ4v) is 1.64. The van der Waals surface area contributed by atoms with Crippen LogP contribution in [0.2, 0.25) is 0 Å². The first-order valence-corrected chi connectivity index (χ1v) is 4.58. The number of thiazole rings is 1. The third-order valence-corrected chi connectivity index (χ3v) is 2.40. The van der Waals surface area contributed by atoms with Crippen molar-refractivity contribution in [2.45, 2.75) is 6.92 Å². The van der Waals surface area contributed by atoms with Crippen LogP contribution in [0.3, 0.4) is 0 Å². The van der Waals surface area contributed by atoms with Gasteiger partial charge in [-0.2, -0.15) is 0 Å². The monoisotopic (exact) mass is 192 g/mol. The second kappa shape index (κ2) is 3.10. The van der Waals surface area contributed by atoms with E-state index >= 15 is 0 Å². The summed E-state index contributed by atoms with van der Waals surface area (Å²) in [5.41, 5.74) is 5.53. The predicted octanol–water partition coefficient (Wildman–Crippen LogP) is 1.49. The summed E-state index contributed by atoms with van der Waals surface area (Å²) in [6.07, 6.45) is 3.43. The summed E-state index contributed by atoms with van der Waals surface area (Å²) in [4.78, 5) is 13.5. The van der Waals surface area contributed by atoms with Crippen molar-refractivity contribution in [1.29, 1.82) is 0 Å². The molecule has 0 aliphatic heterocycles. The molecule has 0 saturated heterocycles. The van der Waals surface area contributed by atoms with Gasteiger partial charge in [-0.25, -0.2) is 15.0 Å². The Kier molecular flexibility index (Phi) is 1.94. The number of aryl methyl sites for hydroxylation is 1. The van der Waals surface area contributed by atoms with Gasteiger partial charge in [-0.15, -0.1) is 11.3 Å². The highest BCUT2D eigenvalue weighted by Crippen LogP contribution is 2.21. The number of aromatic nitrogens is 3. The Bertz CT molecular complexity index is 424. The van der Waals surface area contributed by atoms with Crippen LogP contribution in [0.1, 0.15) is 4.88 Å². The lowest BCUT2D eigenvalue weighted by atomic mass is 10.5. The summed E-state index contributed by atoms with van der Waals surface area (Å²) < 4.78 is 0. The number of hydrogen-bond acceptors (Lipinski definition) is 5. The van der Waals surface area contributed by atoms with E-state index in [0.29, 0.717) is 11.6 Å². The molecule has 0 fully saturated rings. The van der Waals surface area contributed by atoms with Crippen LogP contribution in [0.5, 0.6) is 0 Å². The molecule has 0 bridgehead atoms. The van der Waals surface area contributed by atoms with Crippen molar-refractivity contribution in [2.24, 2.45) is 0 Å². The van der Waals surface area contributed by atoms with E-state index in [1.165, 1.54) is 0 Å². The largest absolute Gasteiger partial charge is 0.384 e. The Morgan fingerprint density at radius 3 is 2.85 bits per heavy atom. The zero-order chi connectivity index (χ0) is 9.26. The van der Waals surface area contributed by atoms with Gasteiger partial charge in [-0.1, -0.05) is 0 Å². The van der Waals surface area contributed by atoms with Gasteiger partial charge in [-0.3, -0.25) is 0 Å². The molecule has 2 aromatic rings. The minimum atomic E-state index is 0.470. The van der Waals surface area contributed by atoms with Crippen molar-refractivity contribution >= 4 is 17.2 Å². The second-order valence-corrected chi connectivity index (χ2v) is 3.82. The molecule has 0 amide bonds. The topological polar surface area (TPSA) is 64.7 Å². The van der Waals surface area contributed by atoms with E-state index in [-0.39, 0.29) is 0 Å². The van der Waals surface area contributed by atoms with Gasteiger partial charge in [0.15, 0.2) is 10.8 Å². The van der Waals surface area contributed by atoms with E-state index in [2.05, 4.69) is 15.0 Å². The minimum absolute atomic E-state index is 0.470. The summed E-state index contributed by atoms with van der Waals surface area (Å²) in [6, 6.07) is 1.66. The average Bonchev–Trinajstić information content (AvgIpc) is 2.52. The molecule has 0 aliphatic carbocycles. The molecule has 0 atom stereocenters. The summed E-state index contributed by atoms with van der Waals surface area (Å²) in [5.74, 6) is 1.07. The van der Waals surface area contributed by atoms with Crippen LogP contribution in [0.4, 0.5) is 5.82 Å². The van der Waals surface area contributed by atoms with Crippen molar-refractivity contribution in [3.8, 4) is 10.8 Å². The smallest absolute Gasteiger partial charge is 0.190 e. The molecular formula is C8H8N4S. The predicted molar refractivity (Wildman–Crippen MR) is 52.3 cm³/mol. The number of anilines is 1. The van der Waals surface area contributed by atoms with Crippen molar-refractivity contribution in [3.63, 3.8) is 0 Å². The van der Waals surface area contributed by atoms with E-state index < -0.39 is 0 Å². The highest BCUT2D eigenvalue weighted by molar-refractivity contribution is 7.14. The lowest BCUT2D eigenvalue weighted by molar-refractivity contribution is 1.17. The first-order chi connectivity index (χ1) is 6.25. The summed E-state index contributed by atoms with van der Waals surface area (Å²) in [6.45, 7) is 1.99. The zero-order valence-corrected chi connectivity index (χ0v) is 7.88. The number of nitrogens with two attached hydrogens (primary N) is 1. The third kappa shape index (κ3) is 1.65. The molecule has 0 radical (unpaired) electrons. The standard InChI is InChI=1S/C8H8N4S/c1-5-4-11-8(13-5)7-10-3-2-6(9)12-7/h2-4H,1H3,(H2,9,10,12). The Labute approximate surface area is 79.5 Å². The second-order valence-electron chi connectivity index (χ2n) is 2.58. The Hall–Kier alpha value is -1.49. The maximum atomic E-state index is 5.53. The van der Waals surface area contributed by atoms with Gasteiger partial charge in [-0.05, 0) is 13.0 Å². The maximum Gasteiger partial charge on any atom is 0.190 e. The molecule has 0 saturated carbocycles. The third-order valence-electron chi connectivity index (χ3n) is 1.49. The van der Waals surface area contributed by atoms with Crippen LogP contribution in [0.25, 0.3) is 10.8 Å². The van der Waals surface area contributed by atoms with Crippen molar-refractivity contribution in [2.75, 3.05) is 5.73 Å². The van der Waals surface area contributed by atoms with Gasteiger partial charge in [0, 0.05) is 17.3 Å². The highest BCUT2D eigenvalue weighted by atomic mass is 32.1. The molecule has 2 N–H and O–H groups in total. The first kappa shape index (κ1) is 8.12. The Morgan fingerprint density at radius 2 is 2.23 bits per heavy atom. The van der Waals surface area contributed by atoms with E-state index in [1.54, 1.807) is 29.8 Å². The van der Waals surface area contributed by atoms with Crippen molar-refractivity contribution in [1.82, 2.24) is 15.0 Å². The molecule has 2 rings (SSSR count). The van der Waals surface area contributed by atoms with E-state index in [1.807, 2.05) is 6.92 Å². The summed E-state index contributed by atoms with van der Waals surface area (Å²) >= 11 is 1.56. The molecule has 0 aliphatic rings. The van der Waals surface area contributed by atoms with Gasteiger partial charge in [0.25, 0.3) is 0 Å². The average molecular weight is 192 g/mol. The van der Waals surface area contributed by atoms with Crippen molar-refractivity contribution < 1.29 is 0 Å². The SMILES string of the molecule is Cc1cnc(-c2nccc(N)n2)s1. The highest BCUT2D eigenvalue weighted by Gasteiger charge is 2.04. The van der Waals surface area contributed by atoms with E-state index in [0.717, 1.165) is 9.88 Å².